The molecule has 0 amide bonds. The SMILES string of the molecule is N#[N+]c1ccc(C(F)(F)F)cc1[N+](=O)[O-].O=S(=O)([O-])O. The molecule has 0 atom stereocenters. The summed E-state index contributed by atoms with van der Waals surface area (Å²) in [6, 6.07) is 1.64. The summed E-state index contributed by atoms with van der Waals surface area (Å²) in [5, 5.41) is 18.6. The van der Waals surface area contributed by atoms with Crippen molar-refractivity contribution in [1.29, 1.82) is 5.39 Å². The zero-order chi connectivity index (χ0) is 16.1. The lowest BCUT2D eigenvalue weighted by atomic mass is 10.1. The molecule has 1 rings (SSSR count). The molecule has 0 aliphatic carbocycles. The minimum atomic E-state index is -4.92. The van der Waals surface area contributed by atoms with Crippen molar-refractivity contribution in [2.45, 2.75) is 6.18 Å². The predicted molar refractivity (Wildman–Crippen MR) is 55.2 cm³/mol. The van der Waals surface area contributed by atoms with Crippen LogP contribution in [0.5, 0.6) is 0 Å². The maximum atomic E-state index is 12.2. The topological polar surface area (TPSA) is 149 Å². The van der Waals surface area contributed by atoms with Crippen LogP contribution < -0.4 is 0 Å². The first kappa shape index (κ1) is 17.7. The van der Waals surface area contributed by atoms with E-state index in [9.17, 15) is 23.3 Å². The summed E-state index contributed by atoms with van der Waals surface area (Å²) in [5.74, 6) is 0. The van der Waals surface area contributed by atoms with E-state index >= 15 is 0 Å². The van der Waals surface area contributed by atoms with Crippen LogP contribution in [0.3, 0.4) is 0 Å². The van der Waals surface area contributed by atoms with Crippen LogP contribution >= 0.6 is 0 Å². The molecule has 1 aromatic rings. The van der Waals surface area contributed by atoms with Crippen molar-refractivity contribution in [1.82, 2.24) is 0 Å². The van der Waals surface area contributed by atoms with Gasteiger partial charge in [0.15, 0.2) is 4.98 Å². The molecule has 0 fully saturated rings. The van der Waals surface area contributed by atoms with Crippen LogP contribution in [0.1, 0.15) is 5.56 Å². The lowest BCUT2D eigenvalue weighted by Gasteiger charge is -2.03. The van der Waals surface area contributed by atoms with Gasteiger partial charge in [-0.15, -0.1) is 0 Å². The van der Waals surface area contributed by atoms with Gasteiger partial charge in [-0.2, -0.15) is 13.2 Å². The lowest BCUT2D eigenvalue weighted by molar-refractivity contribution is -0.384. The Morgan fingerprint density at radius 2 is 1.80 bits per heavy atom. The Bertz CT molecular complexity index is 643. The number of hydrogen-bond donors (Lipinski definition) is 1. The first-order valence-corrected chi connectivity index (χ1v) is 5.62. The highest BCUT2D eigenvalue weighted by molar-refractivity contribution is 7.79. The Kier molecular flexibility index (Phi) is 5.52. The fraction of sp³-hybridized carbons (Fsp3) is 0.143. The van der Waals surface area contributed by atoms with Crippen molar-refractivity contribution in [2.24, 2.45) is 0 Å². The Morgan fingerprint density at radius 1 is 1.35 bits per heavy atom. The van der Waals surface area contributed by atoms with Crippen LogP contribution in [0.4, 0.5) is 24.5 Å². The van der Waals surface area contributed by atoms with Gasteiger partial charge >= 0.3 is 17.6 Å². The second-order valence-electron chi connectivity index (χ2n) is 2.99. The number of alkyl halides is 3. The van der Waals surface area contributed by atoms with Crippen molar-refractivity contribution >= 4 is 21.8 Å². The van der Waals surface area contributed by atoms with Gasteiger partial charge in [0.2, 0.25) is 15.8 Å². The molecule has 9 nitrogen and oxygen atoms in total. The molecule has 1 N–H and O–H groups in total. The Labute approximate surface area is 109 Å². The number of halogens is 3. The smallest absolute Gasteiger partial charge is 0.461 e. The third-order valence-corrected chi connectivity index (χ3v) is 1.61. The number of hydrogen-bond acceptors (Lipinski definition) is 6. The van der Waals surface area contributed by atoms with Gasteiger partial charge in [-0.05, 0) is 6.07 Å². The summed E-state index contributed by atoms with van der Waals surface area (Å²) >= 11 is 0. The Hall–Kier alpha value is -2.30. The molecule has 0 saturated heterocycles. The van der Waals surface area contributed by atoms with Gasteiger partial charge in [-0.1, -0.05) is 0 Å². The molecule has 110 valence electrons. The van der Waals surface area contributed by atoms with Gasteiger partial charge in [0.05, 0.1) is 10.5 Å². The second kappa shape index (κ2) is 6.23. The number of nitro benzene ring substituents is 1. The average Bonchev–Trinajstić information content (AvgIpc) is 2.24. The molecular weight excluding hydrogens is 311 g/mol. The number of diazo groups is 1. The highest BCUT2D eigenvalue weighted by atomic mass is 32.3. The molecule has 0 heterocycles. The van der Waals surface area contributed by atoms with Crippen LogP contribution in [-0.4, -0.2) is 22.4 Å². The van der Waals surface area contributed by atoms with E-state index in [0.717, 1.165) is 6.07 Å². The zero-order valence-corrected chi connectivity index (χ0v) is 9.92. The minimum Gasteiger partial charge on any atom is -0.726 e. The van der Waals surface area contributed by atoms with E-state index in [2.05, 4.69) is 4.98 Å². The summed E-state index contributed by atoms with van der Waals surface area (Å²) in [7, 11) is -4.92. The predicted octanol–water partition coefficient (Wildman–Crippen LogP) is 2.10. The molecule has 0 spiro atoms. The third-order valence-electron chi connectivity index (χ3n) is 1.61. The van der Waals surface area contributed by atoms with Crippen molar-refractivity contribution in [3.8, 4) is 0 Å². The molecule has 0 radical (unpaired) electrons. The van der Waals surface area contributed by atoms with E-state index in [-0.39, 0.29) is 0 Å². The molecule has 0 aliphatic rings. The van der Waals surface area contributed by atoms with E-state index in [0.29, 0.717) is 12.1 Å². The largest absolute Gasteiger partial charge is 0.726 e. The lowest BCUT2D eigenvalue weighted by Crippen LogP contribution is -2.05. The molecule has 0 aliphatic heterocycles. The van der Waals surface area contributed by atoms with Crippen LogP contribution in [0.15, 0.2) is 18.2 Å². The van der Waals surface area contributed by atoms with Gasteiger partial charge in [-0.3, -0.25) is 14.7 Å². The molecule has 0 aromatic heterocycles. The quantitative estimate of drug-likeness (QED) is 0.274. The standard InChI is InChI=1S/C7H3F3N3O2.H2O4S/c8-7(9,10)4-1-2-5(12-11)6(3-4)13(14)15;1-5(2,3)4/h1-3H;(H2,1,2,3,4)/q+1;/p-1. The number of nitrogens with zero attached hydrogens (tertiary/aromatic N) is 3. The molecule has 0 unspecified atom stereocenters. The summed E-state index contributed by atoms with van der Waals surface area (Å²) in [4.78, 5) is 11.8. The van der Waals surface area contributed by atoms with Crippen molar-refractivity contribution in [3.63, 3.8) is 0 Å². The van der Waals surface area contributed by atoms with Gasteiger partial charge < -0.3 is 4.55 Å². The average molecular weight is 315 g/mol. The maximum absolute atomic E-state index is 12.2. The van der Waals surface area contributed by atoms with Gasteiger partial charge in [0.1, 0.15) is 0 Å². The highest BCUT2D eigenvalue weighted by Crippen LogP contribution is 2.35. The van der Waals surface area contributed by atoms with Gasteiger partial charge in [0.25, 0.3) is 0 Å². The van der Waals surface area contributed by atoms with E-state index in [4.69, 9.17) is 22.9 Å². The summed E-state index contributed by atoms with van der Waals surface area (Å²) in [6.07, 6.45) is -4.67. The maximum Gasteiger partial charge on any atom is 0.461 e. The van der Waals surface area contributed by atoms with Gasteiger partial charge in [0, 0.05) is 12.1 Å². The van der Waals surface area contributed by atoms with Crippen molar-refractivity contribution in [2.75, 3.05) is 0 Å². The molecule has 0 bridgehead atoms. The molecule has 0 saturated carbocycles. The molecule has 13 heteroatoms. The molecule has 1 aromatic carbocycles. The second-order valence-corrected chi connectivity index (χ2v) is 3.84. The van der Waals surface area contributed by atoms with E-state index < -0.39 is 38.4 Å². The summed E-state index contributed by atoms with van der Waals surface area (Å²) in [6.45, 7) is 0. The van der Waals surface area contributed by atoms with E-state index in [1.54, 1.807) is 0 Å². The van der Waals surface area contributed by atoms with E-state index in [1.165, 1.54) is 0 Å². The van der Waals surface area contributed by atoms with Crippen molar-refractivity contribution < 1.29 is 35.6 Å². The van der Waals surface area contributed by atoms with E-state index in [1.807, 2.05) is 0 Å². The summed E-state index contributed by atoms with van der Waals surface area (Å²) in [5.41, 5.74) is -2.58. The fourth-order valence-corrected chi connectivity index (χ4v) is 0.931. The number of rotatable bonds is 1. The normalized spacial score (nSPS) is 11.0. The van der Waals surface area contributed by atoms with Gasteiger partial charge in [-0.25, -0.2) is 8.42 Å². The van der Waals surface area contributed by atoms with Crippen LogP contribution in [-0.2, 0) is 16.6 Å². The van der Waals surface area contributed by atoms with Crippen LogP contribution in [0.25, 0.3) is 4.98 Å². The summed E-state index contributed by atoms with van der Waals surface area (Å²) < 4.78 is 69.3. The molecule has 20 heavy (non-hydrogen) atoms. The van der Waals surface area contributed by atoms with Crippen LogP contribution in [0.2, 0.25) is 0 Å². The first-order valence-electron chi connectivity index (χ1n) is 4.25. The zero-order valence-electron chi connectivity index (χ0n) is 9.10. The number of nitro groups is 1. The number of benzene rings is 1. The Morgan fingerprint density at radius 3 is 2.10 bits per heavy atom. The fourth-order valence-electron chi connectivity index (χ4n) is 0.931. The Balaban J connectivity index is 0.000000621. The minimum absolute atomic E-state index is 0.315. The third kappa shape index (κ3) is 6.58. The first-order chi connectivity index (χ1) is 8.86. The monoisotopic (exact) mass is 315 g/mol. The molecular formula is C7H4F3N3O6S. The highest BCUT2D eigenvalue weighted by Gasteiger charge is 2.35. The van der Waals surface area contributed by atoms with Crippen LogP contribution in [0, 0.1) is 15.5 Å². The van der Waals surface area contributed by atoms with Crippen molar-refractivity contribution in [3.05, 3.63) is 38.9 Å².